The summed E-state index contributed by atoms with van der Waals surface area (Å²) in [6.45, 7) is 7.14. The molecule has 1 saturated carbocycles. The fraction of sp³-hybridized carbons (Fsp3) is 0.733. The largest absolute Gasteiger partial charge is 0.311 e. The van der Waals surface area contributed by atoms with Gasteiger partial charge < -0.3 is 5.32 Å². The van der Waals surface area contributed by atoms with E-state index in [4.69, 9.17) is 0 Å². The average molecular weight is 251 g/mol. The summed E-state index contributed by atoms with van der Waals surface area (Å²) in [5.41, 5.74) is 0.540. The van der Waals surface area contributed by atoms with Gasteiger partial charge in [-0.2, -0.15) is 0 Å². The van der Waals surface area contributed by atoms with Gasteiger partial charge in [-0.1, -0.05) is 26.3 Å². The summed E-state index contributed by atoms with van der Waals surface area (Å²) in [5, 5.41) is 5.99. The highest BCUT2D eigenvalue weighted by molar-refractivity contribution is 7.09. The van der Waals surface area contributed by atoms with Crippen LogP contribution >= 0.6 is 11.3 Å². The Balaban J connectivity index is 1.80. The average Bonchev–Trinajstić information content (AvgIpc) is 2.68. The standard InChI is InChI=1S/C15H25NS/c1-12(10-14-7-5-9-17-14)16-13-6-4-8-15(2,3)11-13/h5,7,9,12-13,16H,4,6,8,10-11H2,1-3H3. The first-order valence-corrected chi connectivity index (χ1v) is 7.71. The van der Waals surface area contributed by atoms with Crippen LogP contribution in [0.1, 0.15) is 51.3 Å². The van der Waals surface area contributed by atoms with E-state index in [-0.39, 0.29) is 0 Å². The minimum atomic E-state index is 0.540. The van der Waals surface area contributed by atoms with Crippen LogP contribution in [0.15, 0.2) is 17.5 Å². The van der Waals surface area contributed by atoms with Crippen LogP contribution in [0.5, 0.6) is 0 Å². The molecule has 0 amide bonds. The fourth-order valence-corrected chi connectivity index (χ4v) is 3.87. The maximum absolute atomic E-state index is 3.82. The molecule has 1 aliphatic rings. The lowest BCUT2D eigenvalue weighted by Gasteiger charge is -2.37. The molecule has 96 valence electrons. The van der Waals surface area contributed by atoms with Crippen molar-refractivity contribution in [2.24, 2.45) is 5.41 Å². The van der Waals surface area contributed by atoms with E-state index in [9.17, 15) is 0 Å². The van der Waals surface area contributed by atoms with Gasteiger partial charge in [0.2, 0.25) is 0 Å². The molecule has 2 atom stereocenters. The third-order valence-corrected chi connectivity index (χ3v) is 4.71. The highest BCUT2D eigenvalue weighted by Crippen LogP contribution is 2.35. The molecule has 1 fully saturated rings. The third-order valence-electron chi connectivity index (χ3n) is 3.81. The number of thiophene rings is 1. The van der Waals surface area contributed by atoms with Gasteiger partial charge in [0.05, 0.1) is 0 Å². The number of nitrogens with one attached hydrogen (secondary N) is 1. The Kier molecular flexibility index (Phi) is 4.26. The van der Waals surface area contributed by atoms with Gasteiger partial charge in [-0.15, -0.1) is 11.3 Å². The van der Waals surface area contributed by atoms with Crippen molar-refractivity contribution in [3.05, 3.63) is 22.4 Å². The zero-order chi connectivity index (χ0) is 12.3. The number of rotatable bonds is 4. The van der Waals surface area contributed by atoms with Gasteiger partial charge in [0, 0.05) is 17.0 Å². The van der Waals surface area contributed by atoms with Crippen molar-refractivity contribution < 1.29 is 0 Å². The number of hydrogen-bond donors (Lipinski definition) is 1. The molecule has 1 nitrogen and oxygen atoms in total. The minimum absolute atomic E-state index is 0.540. The van der Waals surface area contributed by atoms with Crippen molar-refractivity contribution in [3.63, 3.8) is 0 Å². The lowest BCUT2D eigenvalue weighted by molar-refractivity contribution is 0.190. The molecule has 1 N–H and O–H groups in total. The van der Waals surface area contributed by atoms with Crippen molar-refractivity contribution in [2.45, 2.75) is 65.0 Å². The Hall–Kier alpha value is -0.340. The molecule has 17 heavy (non-hydrogen) atoms. The van der Waals surface area contributed by atoms with Gasteiger partial charge in [-0.3, -0.25) is 0 Å². The second-order valence-electron chi connectivity index (χ2n) is 6.31. The van der Waals surface area contributed by atoms with Crippen LogP contribution in [0.4, 0.5) is 0 Å². The molecule has 0 spiro atoms. The smallest absolute Gasteiger partial charge is 0.00896 e. The summed E-state index contributed by atoms with van der Waals surface area (Å²) in [5.74, 6) is 0. The molecule has 2 unspecified atom stereocenters. The first-order chi connectivity index (χ1) is 8.05. The van der Waals surface area contributed by atoms with E-state index >= 15 is 0 Å². The summed E-state index contributed by atoms with van der Waals surface area (Å²) >= 11 is 1.87. The van der Waals surface area contributed by atoms with Gasteiger partial charge in [-0.25, -0.2) is 0 Å². The van der Waals surface area contributed by atoms with Crippen LogP contribution in [0.3, 0.4) is 0 Å². The second kappa shape index (κ2) is 5.53. The Morgan fingerprint density at radius 1 is 1.53 bits per heavy atom. The third kappa shape index (κ3) is 4.11. The molecular weight excluding hydrogens is 226 g/mol. The van der Waals surface area contributed by atoms with Crippen LogP contribution in [-0.4, -0.2) is 12.1 Å². The van der Waals surface area contributed by atoms with Crippen molar-refractivity contribution in [1.82, 2.24) is 5.32 Å². The van der Waals surface area contributed by atoms with Gasteiger partial charge in [0.15, 0.2) is 0 Å². The van der Waals surface area contributed by atoms with Crippen LogP contribution in [0.2, 0.25) is 0 Å². The molecule has 0 aromatic carbocycles. The van der Waals surface area contributed by atoms with Crippen LogP contribution in [-0.2, 0) is 6.42 Å². The molecule has 1 aliphatic carbocycles. The highest BCUT2D eigenvalue weighted by Gasteiger charge is 2.28. The van der Waals surface area contributed by atoms with Gasteiger partial charge in [0.25, 0.3) is 0 Å². The van der Waals surface area contributed by atoms with Crippen LogP contribution in [0.25, 0.3) is 0 Å². The van der Waals surface area contributed by atoms with Gasteiger partial charge >= 0.3 is 0 Å². The zero-order valence-corrected chi connectivity index (χ0v) is 12.1. The Labute approximate surface area is 110 Å². The van der Waals surface area contributed by atoms with E-state index in [2.05, 4.69) is 43.6 Å². The summed E-state index contributed by atoms with van der Waals surface area (Å²) < 4.78 is 0. The first-order valence-electron chi connectivity index (χ1n) is 6.84. The van der Waals surface area contributed by atoms with Crippen molar-refractivity contribution in [2.75, 3.05) is 0 Å². The fourth-order valence-electron chi connectivity index (χ4n) is 3.03. The molecule has 0 saturated heterocycles. The molecule has 1 heterocycles. The summed E-state index contributed by atoms with van der Waals surface area (Å²) in [7, 11) is 0. The van der Waals surface area contributed by atoms with E-state index in [0.29, 0.717) is 11.5 Å². The topological polar surface area (TPSA) is 12.0 Å². The lowest BCUT2D eigenvalue weighted by Crippen LogP contribution is -2.42. The van der Waals surface area contributed by atoms with E-state index in [1.165, 1.54) is 37.0 Å². The van der Waals surface area contributed by atoms with Crippen LogP contribution in [0, 0.1) is 5.41 Å². The molecule has 2 rings (SSSR count). The Morgan fingerprint density at radius 3 is 3.00 bits per heavy atom. The SMILES string of the molecule is CC(Cc1cccs1)NC1CCCC(C)(C)C1. The summed E-state index contributed by atoms with van der Waals surface area (Å²) in [6, 6.07) is 5.73. The quantitative estimate of drug-likeness (QED) is 0.844. The molecule has 0 aliphatic heterocycles. The van der Waals surface area contributed by atoms with E-state index < -0.39 is 0 Å². The van der Waals surface area contributed by atoms with Crippen molar-refractivity contribution in [1.29, 1.82) is 0 Å². The predicted molar refractivity (Wildman–Crippen MR) is 76.7 cm³/mol. The molecular formula is C15H25NS. The second-order valence-corrected chi connectivity index (χ2v) is 7.34. The maximum Gasteiger partial charge on any atom is 0.00896 e. The normalized spacial score (nSPS) is 25.7. The van der Waals surface area contributed by atoms with Crippen molar-refractivity contribution >= 4 is 11.3 Å². The monoisotopic (exact) mass is 251 g/mol. The molecule has 0 radical (unpaired) electrons. The molecule has 1 aromatic heterocycles. The summed E-state index contributed by atoms with van der Waals surface area (Å²) in [4.78, 5) is 1.50. The Morgan fingerprint density at radius 2 is 2.35 bits per heavy atom. The van der Waals surface area contributed by atoms with Crippen molar-refractivity contribution in [3.8, 4) is 0 Å². The zero-order valence-electron chi connectivity index (χ0n) is 11.3. The van der Waals surface area contributed by atoms with E-state index in [1.807, 2.05) is 11.3 Å². The Bertz CT molecular complexity index is 329. The summed E-state index contributed by atoms with van der Waals surface area (Å²) in [6.07, 6.45) is 6.65. The van der Waals surface area contributed by atoms with E-state index in [1.54, 1.807) is 0 Å². The van der Waals surface area contributed by atoms with Crippen LogP contribution < -0.4 is 5.32 Å². The highest BCUT2D eigenvalue weighted by atomic mass is 32.1. The van der Waals surface area contributed by atoms with E-state index in [0.717, 1.165) is 6.04 Å². The molecule has 0 bridgehead atoms. The molecule has 2 heteroatoms. The predicted octanol–water partition coefficient (Wildman–Crippen LogP) is 4.24. The van der Waals surface area contributed by atoms with Gasteiger partial charge in [-0.05, 0) is 49.5 Å². The molecule has 1 aromatic rings. The lowest BCUT2D eigenvalue weighted by atomic mass is 9.75. The van der Waals surface area contributed by atoms with Gasteiger partial charge in [0.1, 0.15) is 0 Å². The minimum Gasteiger partial charge on any atom is -0.311 e. The number of hydrogen-bond acceptors (Lipinski definition) is 2. The first kappa shape index (κ1) is 13.1. The maximum atomic E-state index is 3.82.